The fourth-order valence-electron chi connectivity index (χ4n) is 7.29. The summed E-state index contributed by atoms with van der Waals surface area (Å²) in [6, 6.07) is 4.87. The Morgan fingerprint density at radius 3 is 2.85 bits per heavy atom. The van der Waals surface area contributed by atoms with Gasteiger partial charge in [-0.2, -0.15) is 9.97 Å². The van der Waals surface area contributed by atoms with Crippen molar-refractivity contribution in [1.29, 1.82) is 0 Å². The molecule has 4 aromatic rings. The molecule has 244 valence electrons. The third-order valence-corrected chi connectivity index (χ3v) is 9.55. The fraction of sp³-hybridized carbons (Fsp3) is 0.412. The number of benzene rings is 2. The van der Waals surface area contributed by atoms with Crippen molar-refractivity contribution in [3.8, 4) is 35.4 Å². The number of aromatic hydroxyl groups is 1. The molecular weight excluding hydrogens is 611 g/mol. The van der Waals surface area contributed by atoms with Gasteiger partial charge >= 0.3 is 12.0 Å². The number of urea groups is 1. The Balaban J connectivity index is 1.34. The van der Waals surface area contributed by atoms with Crippen LogP contribution in [-0.4, -0.2) is 101 Å². The van der Waals surface area contributed by atoms with Crippen LogP contribution in [0.15, 0.2) is 30.5 Å². The van der Waals surface area contributed by atoms with Crippen LogP contribution in [0.2, 0.25) is 0 Å². The lowest BCUT2D eigenvalue weighted by Gasteiger charge is -2.31. The smallest absolute Gasteiger partial charge is 0.319 e. The van der Waals surface area contributed by atoms with Gasteiger partial charge in [-0.15, -0.1) is 6.42 Å². The van der Waals surface area contributed by atoms with Gasteiger partial charge in [0, 0.05) is 63.3 Å². The molecule has 2 N–H and O–H groups in total. The highest BCUT2D eigenvalue weighted by molar-refractivity contribution is 6.03. The summed E-state index contributed by atoms with van der Waals surface area (Å²) in [5, 5.41) is 14.4. The molecule has 0 spiro atoms. The number of fused-ring (bicyclic) bond motifs is 3. The van der Waals surface area contributed by atoms with E-state index < -0.39 is 23.3 Å². The number of anilines is 1. The number of phenolic OH excluding ortho intramolecular Hbond substituents is 1. The first-order valence-corrected chi connectivity index (χ1v) is 15.6. The molecule has 3 aliphatic heterocycles. The number of halogens is 3. The normalized spacial score (nSPS) is 22.5. The first-order chi connectivity index (χ1) is 22.6. The zero-order valence-corrected chi connectivity index (χ0v) is 26.1. The monoisotopic (exact) mass is 645 g/mol. The third kappa shape index (κ3) is 5.40. The van der Waals surface area contributed by atoms with Crippen LogP contribution in [0.4, 0.5) is 23.8 Å². The van der Waals surface area contributed by atoms with Gasteiger partial charge in [0.2, 0.25) is 0 Å². The van der Waals surface area contributed by atoms with Gasteiger partial charge in [-0.25, -0.2) is 18.0 Å². The first kappa shape index (κ1) is 30.8. The number of amides is 2. The molecule has 5 heterocycles. The van der Waals surface area contributed by atoms with Crippen molar-refractivity contribution in [2.45, 2.75) is 43.4 Å². The zero-order valence-electron chi connectivity index (χ0n) is 26.1. The lowest BCUT2D eigenvalue weighted by atomic mass is 9.95. The van der Waals surface area contributed by atoms with Gasteiger partial charge in [0.1, 0.15) is 41.4 Å². The van der Waals surface area contributed by atoms with E-state index in [4.69, 9.17) is 16.1 Å². The Morgan fingerprint density at radius 2 is 2.06 bits per heavy atom. The Morgan fingerprint density at radius 1 is 1.23 bits per heavy atom. The molecule has 2 amide bonds. The molecule has 3 saturated heterocycles. The lowest BCUT2D eigenvalue weighted by Crippen LogP contribution is -2.43. The number of carbonyl (C=O) groups is 1. The van der Waals surface area contributed by atoms with Crippen LogP contribution in [0.25, 0.3) is 32.9 Å². The van der Waals surface area contributed by atoms with Crippen molar-refractivity contribution >= 4 is 33.5 Å². The molecule has 0 bridgehead atoms. The molecule has 7 rings (SSSR count). The average Bonchev–Trinajstić information content (AvgIpc) is 3.74. The zero-order chi connectivity index (χ0) is 33.0. The van der Waals surface area contributed by atoms with Crippen LogP contribution in [0.3, 0.4) is 0 Å². The van der Waals surface area contributed by atoms with E-state index >= 15 is 4.39 Å². The van der Waals surface area contributed by atoms with Crippen LogP contribution in [0.1, 0.15) is 31.2 Å². The molecule has 1 unspecified atom stereocenters. The van der Waals surface area contributed by atoms with Gasteiger partial charge in [0.25, 0.3) is 0 Å². The molecule has 3 aliphatic rings. The van der Waals surface area contributed by atoms with E-state index in [1.165, 1.54) is 35.4 Å². The van der Waals surface area contributed by atoms with Gasteiger partial charge < -0.3 is 25.0 Å². The van der Waals surface area contributed by atoms with Gasteiger partial charge in [-0.05, 0) is 49.4 Å². The molecule has 47 heavy (non-hydrogen) atoms. The molecule has 2 aromatic heterocycles. The van der Waals surface area contributed by atoms with Crippen molar-refractivity contribution in [2.24, 2.45) is 0 Å². The Hall–Kier alpha value is -4.83. The van der Waals surface area contributed by atoms with Crippen LogP contribution in [0, 0.1) is 24.0 Å². The first-order valence-electron chi connectivity index (χ1n) is 15.6. The molecule has 0 aliphatic carbocycles. The van der Waals surface area contributed by atoms with Gasteiger partial charge in [0.05, 0.1) is 16.5 Å². The highest BCUT2D eigenvalue weighted by Crippen LogP contribution is 2.42. The third-order valence-electron chi connectivity index (χ3n) is 9.55. The maximum absolute atomic E-state index is 16.8. The summed E-state index contributed by atoms with van der Waals surface area (Å²) in [5.41, 5.74) is -0.753. The lowest BCUT2D eigenvalue weighted by molar-refractivity contribution is 0.107. The van der Waals surface area contributed by atoms with Crippen molar-refractivity contribution in [3.63, 3.8) is 0 Å². The summed E-state index contributed by atoms with van der Waals surface area (Å²) in [7, 11) is 3.32. The van der Waals surface area contributed by atoms with Crippen LogP contribution < -0.4 is 15.0 Å². The molecule has 3 atom stereocenters. The number of terminal acetylenes is 1. The van der Waals surface area contributed by atoms with E-state index in [1.807, 2.05) is 4.90 Å². The van der Waals surface area contributed by atoms with Crippen molar-refractivity contribution in [2.75, 3.05) is 51.8 Å². The van der Waals surface area contributed by atoms with E-state index in [1.54, 1.807) is 14.1 Å². The Kier molecular flexibility index (Phi) is 7.71. The maximum atomic E-state index is 16.8. The summed E-state index contributed by atoms with van der Waals surface area (Å²) in [6.07, 6.45) is 8.81. The van der Waals surface area contributed by atoms with E-state index in [-0.39, 0.29) is 58.2 Å². The minimum Gasteiger partial charge on any atom is -0.508 e. The minimum absolute atomic E-state index is 0.0796. The highest BCUT2D eigenvalue weighted by atomic mass is 19.1. The topological polar surface area (TPSA) is 107 Å². The number of ether oxygens (including phenoxy) is 1. The van der Waals surface area contributed by atoms with Gasteiger partial charge in [-0.3, -0.25) is 9.88 Å². The molecule has 0 saturated carbocycles. The SMILES string of the molecule is C#Cc1c(F)ccc2cc(O)cc(-c3ncc4c(N5CCC(NC(=O)N(C)C)C5)nc(OC[C@@]56CCCN5C[C@H](F)C6)nc4c3F)c12. The van der Waals surface area contributed by atoms with E-state index in [2.05, 4.69) is 26.1 Å². The fourth-order valence-corrected chi connectivity index (χ4v) is 7.29. The average molecular weight is 646 g/mol. The predicted octanol–water partition coefficient (Wildman–Crippen LogP) is 4.62. The number of hydrogen-bond donors (Lipinski definition) is 2. The molecule has 0 radical (unpaired) electrons. The summed E-state index contributed by atoms with van der Waals surface area (Å²) in [5.74, 6) is 1.04. The number of aromatic nitrogens is 3. The summed E-state index contributed by atoms with van der Waals surface area (Å²) in [4.78, 5) is 31.5. The largest absolute Gasteiger partial charge is 0.508 e. The number of hydrogen-bond acceptors (Lipinski definition) is 8. The minimum atomic E-state index is -0.952. The predicted molar refractivity (Wildman–Crippen MR) is 171 cm³/mol. The standard InChI is InChI=1S/C34H34F3N7O3/c1-4-23-26(36)7-6-19-12-22(45)13-24(27(19)23)29-28(37)30-25(15-38-29)31(43-11-8-21(17-43)39-33(46)42(2)3)41-32(40-30)47-18-34-9-5-10-44(34)16-20(35)14-34/h1,6-7,12-13,15,20-21,45H,5,8-11,14,16-18H2,2-3H3,(H,39,46)/t20-,21?,34+/m1/s1. The summed E-state index contributed by atoms with van der Waals surface area (Å²) < 4.78 is 52.2. The quantitative estimate of drug-likeness (QED) is 0.293. The number of carbonyl (C=O) groups excluding carboxylic acids is 1. The number of alkyl halides is 1. The van der Waals surface area contributed by atoms with E-state index in [0.29, 0.717) is 49.1 Å². The second-order valence-corrected chi connectivity index (χ2v) is 12.8. The number of phenols is 1. The van der Waals surface area contributed by atoms with Crippen molar-refractivity contribution < 1.29 is 27.8 Å². The van der Waals surface area contributed by atoms with E-state index in [0.717, 1.165) is 19.4 Å². The van der Waals surface area contributed by atoms with Gasteiger partial charge in [0.15, 0.2) is 5.82 Å². The van der Waals surface area contributed by atoms with Gasteiger partial charge in [-0.1, -0.05) is 12.0 Å². The summed E-state index contributed by atoms with van der Waals surface area (Å²) >= 11 is 0. The second-order valence-electron chi connectivity index (χ2n) is 12.8. The molecule has 10 nitrogen and oxygen atoms in total. The molecule has 13 heteroatoms. The molecular formula is C34H34F3N7O3. The van der Waals surface area contributed by atoms with E-state index in [9.17, 15) is 18.7 Å². The highest BCUT2D eigenvalue weighted by Gasteiger charge is 2.49. The summed E-state index contributed by atoms with van der Waals surface area (Å²) in [6.45, 7) is 2.18. The number of rotatable bonds is 6. The molecule has 2 aromatic carbocycles. The Bertz CT molecular complexity index is 1950. The number of pyridine rings is 1. The maximum Gasteiger partial charge on any atom is 0.319 e. The van der Waals surface area contributed by atoms with Crippen molar-refractivity contribution in [3.05, 3.63) is 47.7 Å². The van der Waals surface area contributed by atoms with Crippen LogP contribution in [-0.2, 0) is 0 Å². The Labute approximate surface area is 269 Å². The van der Waals surface area contributed by atoms with Crippen LogP contribution in [0.5, 0.6) is 11.8 Å². The van der Waals surface area contributed by atoms with Crippen LogP contribution >= 0.6 is 0 Å². The molecule has 3 fully saturated rings. The second kappa shape index (κ2) is 11.8. The number of nitrogens with one attached hydrogen (secondary N) is 1. The van der Waals surface area contributed by atoms with Crippen molar-refractivity contribution in [1.82, 2.24) is 30.1 Å². The number of nitrogens with zero attached hydrogens (tertiary/aromatic N) is 6.